The Morgan fingerprint density at radius 3 is 2.36 bits per heavy atom. The molecule has 2 aromatic heterocycles. The third-order valence-corrected chi connectivity index (χ3v) is 2.25. The van der Waals surface area contributed by atoms with Crippen LogP contribution in [0.5, 0.6) is 0 Å². The lowest BCUT2D eigenvalue weighted by Gasteiger charge is -2.02. The Morgan fingerprint density at radius 2 is 1.86 bits per heavy atom. The average molecular weight is 188 g/mol. The van der Waals surface area contributed by atoms with Gasteiger partial charge in [0.15, 0.2) is 0 Å². The molecule has 72 valence electrons. The van der Waals surface area contributed by atoms with Gasteiger partial charge in [-0.3, -0.25) is 4.98 Å². The first kappa shape index (κ1) is 8.74. The molecule has 0 saturated carbocycles. The fraction of sp³-hybridized carbons (Fsp3) is 0.200. The van der Waals surface area contributed by atoms with Crippen molar-refractivity contribution in [3.8, 4) is 5.69 Å². The van der Waals surface area contributed by atoms with Crippen molar-refractivity contribution in [1.29, 1.82) is 0 Å². The van der Waals surface area contributed by atoms with Gasteiger partial charge in [0.25, 0.3) is 0 Å². The maximum Gasteiger partial charge on any atom is 0.0830 e. The van der Waals surface area contributed by atoms with E-state index < -0.39 is 0 Å². The number of anilines is 1. The Balaban J connectivity index is 2.58. The number of aryl methyl sites for hydroxylation is 1. The number of pyridine rings is 1. The lowest BCUT2D eigenvalue weighted by Crippen LogP contribution is -1.99. The van der Waals surface area contributed by atoms with Crippen LogP contribution < -0.4 is 5.73 Å². The summed E-state index contributed by atoms with van der Waals surface area (Å²) in [4.78, 5) is 3.96. The summed E-state index contributed by atoms with van der Waals surface area (Å²) in [5.41, 5.74) is 9.40. The zero-order chi connectivity index (χ0) is 10.1. The van der Waals surface area contributed by atoms with Crippen LogP contribution in [0.4, 0.5) is 5.69 Å². The molecule has 0 radical (unpaired) electrons. The summed E-state index contributed by atoms with van der Waals surface area (Å²) in [7, 11) is 0. The molecule has 2 heterocycles. The third kappa shape index (κ3) is 1.25. The van der Waals surface area contributed by atoms with Crippen LogP contribution in [-0.4, -0.2) is 14.8 Å². The van der Waals surface area contributed by atoms with Gasteiger partial charge in [0.05, 0.1) is 22.8 Å². The number of nitrogens with two attached hydrogens (primary N) is 1. The Labute approximate surface area is 82.4 Å². The van der Waals surface area contributed by atoms with Crippen molar-refractivity contribution in [2.24, 2.45) is 0 Å². The first-order chi connectivity index (χ1) is 6.70. The monoisotopic (exact) mass is 188 g/mol. The maximum absolute atomic E-state index is 5.84. The molecular formula is C10H12N4. The maximum atomic E-state index is 5.84. The molecule has 14 heavy (non-hydrogen) atoms. The van der Waals surface area contributed by atoms with Crippen molar-refractivity contribution in [3.05, 3.63) is 35.9 Å². The molecule has 4 nitrogen and oxygen atoms in total. The average Bonchev–Trinajstić information content (AvgIpc) is 2.47. The van der Waals surface area contributed by atoms with E-state index in [1.165, 1.54) is 0 Å². The van der Waals surface area contributed by atoms with Gasteiger partial charge in [-0.05, 0) is 26.0 Å². The van der Waals surface area contributed by atoms with Gasteiger partial charge in [-0.25, -0.2) is 4.68 Å². The summed E-state index contributed by atoms with van der Waals surface area (Å²) in [6.07, 6.45) is 3.48. The van der Waals surface area contributed by atoms with E-state index in [9.17, 15) is 0 Å². The van der Waals surface area contributed by atoms with Crippen molar-refractivity contribution >= 4 is 5.69 Å². The third-order valence-electron chi connectivity index (χ3n) is 2.25. The van der Waals surface area contributed by atoms with Crippen LogP contribution in [0.3, 0.4) is 0 Å². The Bertz CT molecular complexity index is 445. The van der Waals surface area contributed by atoms with Gasteiger partial charge in [0, 0.05) is 12.4 Å². The van der Waals surface area contributed by atoms with Gasteiger partial charge in [0.2, 0.25) is 0 Å². The first-order valence-electron chi connectivity index (χ1n) is 4.42. The standard InChI is InChI=1S/C10H12N4/c1-7-10(11)8(2)14(13-7)9-3-5-12-6-4-9/h3-6H,11H2,1-2H3. The lowest BCUT2D eigenvalue weighted by atomic mass is 10.3. The molecular weight excluding hydrogens is 176 g/mol. The van der Waals surface area contributed by atoms with E-state index in [0.717, 1.165) is 22.8 Å². The summed E-state index contributed by atoms with van der Waals surface area (Å²) >= 11 is 0. The predicted octanol–water partition coefficient (Wildman–Crippen LogP) is 1.47. The molecule has 0 bridgehead atoms. The second-order valence-electron chi connectivity index (χ2n) is 3.20. The fourth-order valence-corrected chi connectivity index (χ4v) is 1.39. The van der Waals surface area contributed by atoms with Crippen LogP contribution >= 0.6 is 0 Å². The molecule has 0 atom stereocenters. The number of hydrogen-bond donors (Lipinski definition) is 1. The summed E-state index contributed by atoms with van der Waals surface area (Å²) in [6, 6.07) is 3.80. The van der Waals surface area contributed by atoms with Crippen LogP contribution in [0.25, 0.3) is 5.69 Å². The molecule has 2 rings (SSSR count). The van der Waals surface area contributed by atoms with E-state index in [1.807, 2.05) is 30.7 Å². The molecule has 4 heteroatoms. The molecule has 0 saturated heterocycles. The summed E-state index contributed by atoms with van der Waals surface area (Å²) < 4.78 is 1.83. The number of aromatic nitrogens is 3. The highest BCUT2D eigenvalue weighted by Gasteiger charge is 2.08. The Hall–Kier alpha value is -1.84. The highest BCUT2D eigenvalue weighted by Crippen LogP contribution is 2.18. The van der Waals surface area contributed by atoms with E-state index in [2.05, 4.69) is 10.1 Å². The number of nitrogens with zero attached hydrogens (tertiary/aromatic N) is 3. The van der Waals surface area contributed by atoms with Gasteiger partial charge >= 0.3 is 0 Å². The quantitative estimate of drug-likeness (QED) is 0.737. The number of nitrogen functional groups attached to an aromatic ring is 1. The summed E-state index contributed by atoms with van der Waals surface area (Å²) in [5.74, 6) is 0. The van der Waals surface area contributed by atoms with Gasteiger partial charge in [-0.2, -0.15) is 5.10 Å². The highest BCUT2D eigenvalue weighted by molar-refractivity contribution is 5.50. The molecule has 0 unspecified atom stereocenters. The van der Waals surface area contributed by atoms with Crippen molar-refractivity contribution in [1.82, 2.24) is 14.8 Å². The molecule has 0 aliphatic carbocycles. The van der Waals surface area contributed by atoms with E-state index in [4.69, 9.17) is 5.73 Å². The van der Waals surface area contributed by atoms with Gasteiger partial charge in [-0.15, -0.1) is 0 Å². The van der Waals surface area contributed by atoms with Crippen LogP contribution in [0, 0.1) is 13.8 Å². The minimum Gasteiger partial charge on any atom is -0.396 e. The molecule has 2 aromatic rings. The van der Waals surface area contributed by atoms with Crippen LogP contribution in [0.2, 0.25) is 0 Å². The molecule has 0 spiro atoms. The van der Waals surface area contributed by atoms with Gasteiger partial charge in [-0.1, -0.05) is 0 Å². The molecule has 0 fully saturated rings. The molecule has 0 aromatic carbocycles. The van der Waals surface area contributed by atoms with E-state index in [0.29, 0.717) is 0 Å². The van der Waals surface area contributed by atoms with E-state index in [-0.39, 0.29) is 0 Å². The smallest absolute Gasteiger partial charge is 0.0830 e. The van der Waals surface area contributed by atoms with Crippen LogP contribution in [0.15, 0.2) is 24.5 Å². The zero-order valence-corrected chi connectivity index (χ0v) is 8.23. The minimum atomic E-state index is 0.752. The largest absolute Gasteiger partial charge is 0.396 e. The highest BCUT2D eigenvalue weighted by atomic mass is 15.3. The van der Waals surface area contributed by atoms with E-state index >= 15 is 0 Å². The van der Waals surface area contributed by atoms with Gasteiger partial charge < -0.3 is 5.73 Å². The first-order valence-corrected chi connectivity index (χ1v) is 4.42. The van der Waals surface area contributed by atoms with Crippen LogP contribution in [0.1, 0.15) is 11.4 Å². The Kier molecular flexibility index (Phi) is 1.96. The topological polar surface area (TPSA) is 56.7 Å². The molecule has 0 aliphatic heterocycles. The van der Waals surface area contributed by atoms with Crippen molar-refractivity contribution in [3.63, 3.8) is 0 Å². The second-order valence-corrected chi connectivity index (χ2v) is 3.20. The Morgan fingerprint density at radius 1 is 1.21 bits per heavy atom. The van der Waals surface area contributed by atoms with Crippen molar-refractivity contribution in [2.75, 3.05) is 5.73 Å². The fourth-order valence-electron chi connectivity index (χ4n) is 1.39. The zero-order valence-electron chi connectivity index (χ0n) is 8.23. The predicted molar refractivity (Wildman–Crippen MR) is 55.2 cm³/mol. The molecule has 0 aliphatic rings. The van der Waals surface area contributed by atoms with E-state index in [1.54, 1.807) is 12.4 Å². The number of rotatable bonds is 1. The van der Waals surface area contributed by atoms with Crippen molar-refractivity contribution < 1.29 is 0 Å². The second kappa shape index (κ2) is 3.14. The minimum absolute atomic E-state index is 0.752. The lowest BCUT2D eigenvalue weighted by molar-refractivity contribution is 0.831. The molecule has 0 amide bonds. The van der Waals surface area contributed by atoms with Gasteiger partial charge in [0.1, 0.15) is 0 Å². The molecule has 2 N–H and O–H groups in total. The van der Waals surface area contributed by atoms with Crippen LogP contribution in [-0.2, 0) is 0 Å². The summed E-state index contributed by atoms with van der Waals surface area (Å²) in [5, 5.41) is 4.34. The number of hydrogen-bond acceptors (Lipinski definition) is 3. The SMILES string of the molecule is Cc1nn(-c2ccncc2)c(C)c1N. The normalized spacial score (nSPS) is 10.4. The van der Waals surface area contributed by atoms with Crippen molar-refractivity contribution in [2.45, 2.75) is 13.8 Å². The summed E-state index contributed by atoms with van der Waals surface area (Å²) in [6.45, 7) is 3.86.